The molecular weight excluding hydrogens is 793 g/mol. The van der Waals surface area contributed by atoms with Gasteiger partial charge in [-0.3, -0.25) is 0 Å². The van der Waals surface area contributed by atoms with Crippen molar-refractivity contribution in [3.63, 3.8) is 0 Å². The molecule has 0 radical (unpaired) electrons. The first kappa shape index (κ1) is 39.1. The Bertz CT molecular complexity index is 2570. The fourth-order valence-corrected chi connectivity index (χ4v) is 6.15. The van der Waals surface area contributed by atoms with E-state index in [9.17, 15) is 0 Å². The molecule has 2 aliphatic rings. The first-order chi connectivity index (χ1) is 30.5. The molecule has 2 atom stereocenters. The van der Waals surface area contributed by atoms with Gasteiger partial charge in [0.2, 0.25) is 23.6 Å². The molecule has 0 unspecified atom stereocenters. The van der Waals surface area contributed by atoms with Crippen LogP contribution in [0.2, 0.25) is 0 Å². The van der Waals surface area contributed by atoms with Gasteiger partial charge in [-0.2, -0.15) is 0 Å². The lowest BCUT2D eigenvalue weighted by Crippen LogP contribution is -2.07. The van der Waals surface area contributed by atoms with Crippen LogP contribution in [0.3, 0.4) is 0 Å². The Hall–Kier alpha value is -8.40. The molecule has 0 amide bonds. The molecule has 10 rings (SSSR count). The third kappa shape index (κ3) is 9.89. The molecule has 0 bridgehead atoms. The molecule has 4 aromatic heterocycles. The fourth-order valence-electron chi connectivity index (χ4n) is 6.15. The number of ether oxygens (including phenoxy) is 4. The van der Waals surface area contributed by atoms with Crippen LogP contribution >= 0.6 is 0 Å². The van der Waals surface area contributed by atoms with E-state index in [0.717, 1.165) is 34.1 Å². The Morgan fingerprint density at radius 1 is 0.419 bits per heavy atom. The minimum Gasteiger partial charge on any atom is -0.457 e. The van der Waals surface area contributed by atoms with E-state index >= 15 is 0 Å². The van der Waals surface area contributed by atoms with Gasteiger partial charge in [0.1, 0.15) is 45.9 Å². The van der Waals surface area contributed by atoms with Crippen molar-refractivity contribution in [2.24, 2.45) is 10.3 Å². The largest absolute Gasteiger partial charge is 0.457 e. The van der Waals surface area contributed by atoms with Gasteiger partial charge >= 0.3 is 0 Å². The number of benzene rings is 4. The molecule has 0 aliphatic carbocycles. The number of para-hydroxylation sites is 2. The first-order valence-electron chi connectivity index (χ1n) is 19.5. The van der Waals surface area contributed by atoms with Crippen LogP contribution in [0.5, 0.6) is 34.5 Å². The monoisotopic (exact) mass is 828 g/mol. The topological polar surface area (TPSA) is 184 Å². The summed E-state index contributed by atoms with van der Waals surface area (Å²) in [5.41, 5.74) is 3.13. The Kier molecular flexibility index (Phi) is 11.5. The van der Waals surface area contributed by atoms with E-state index in [2.05, 4.69) is 40.7 Å². The second-order valence-electron chi connectivity index (χ2n) is 13.7. The van der Waals surface area contributed by atoms with Crippen LogP contribution in [0.4, 0.5) is 0 Å². The lowest BCUT2D eigenvalue weighted by Gasteiger charge is -2.10. The van der Waals surface area contributed by atoms with Crippen LogP contribution in [0, 0.1) is 13.8 Å². The van der Waals surface area contributed by atoms with Crippen molar-refractivity contribution in [1.82, 2.24) is 30.4 Å². The Labute approximate surface area is 354 Å². The van der Waals surface area contributed by atoms with E-state index in [-0.39, 0.29) is 12.2 Å². The zero-order valence-corrected chi connectivity index (χ0v) is 33.3. The van der Waals surface area contributed by atoms with Crippen molar-refractivity contribution in [3.8, 4) is 57.7 Å². The summed E-state index contributed by atoms with van der Waals surface area (Å²) in [5, 5.41) is 23.6. The van der Waals surface area contributed by atoms with Gasteiger partial charge < -0.3 is 37.5 Å². The molecule has 308 valence electrons. The molecular formula is C46H36N8O8. The lowest BCUT2D eigenvalue weighted by atomic mass is 10.1. The summed E-state index contributed by atoms with van der Waals surface area (Å²) in [6.07, 6.45) is 3.78. The Balaban J connectivity index is 0.000000158. The average Bonchev–Trinajstić information content (AvgIpc) is 4.16. The van der Waals surface area contributed by atoms with E-state index in [1.54, 1.807) is 50.5 Å². The van der Waals surface area contributed by atoms with Gasteiger partial charge in [0, 0.05) is 13.8 Å². The molecule has 0 N–H and O–H groups in total. The van der Waals surface area contributed by atoms with Crippen molar-refractivity contribution in [2.75, 3.05) is 0 Å². The number of nitrogens with zero attached hydrogens (tertiary/aromatic N) is 8. The number of oxime groups is 2. The van der Waals surface area contributed by atoms with Crippen LogP contribution in [-0.4, -0.2) is 42.2 Å². The van der Waals surface area contributed by atoms with Gasteiger partial charge in [-0.05, 0) is 83.9 Å². The Morgan fingerprint density at radius 3 is 1.16 bits per heavy atom. The maximum Gasteiger partial charge on any atom is 0.266 e. The molecule has 62 heavy (non-hydrogen) atoms. The van der Waals surface area contributed by atoms with Crippen LogP contribution in [0.1, 0.15) is 48.0 Å². The molecule has 0 fully saturated rings. The molecule has 8 aromatic rings. The predicted molar refractivity (Wildman–Crippen MR) is 223 cm³/mol. The van der Waals surface area contributed by atoms with Crippen molar-refractivity contribution in [3.05, 3.63) is 169 Å². The number of aryl methyl sites for hydroxylation is 2. The molecule has 0 saturated heterocycles. The van der Waals surface area contributed by atoms with Crippen LogP contribution in [0.25, 0.3) is 23.2 Å². The van der Waals surface area contributed by atoms with Crippen molar-refractivity contribution in [1.29, 1.82) is 0 Å². The lowest BCUT2D eigenvalue weighted by molar-refractivity contribution is 0.0854. The standard InChI is InChI=1S/2C23H18N4O4/c2*1-15-25-26-23(28-15)20-12-11-19(14-24-20)30-22-13-21(31-27-22)16-7-9-18(10-8-16)29-17-5-3-2-4-6-17/h2*2-12,14,21H,13H2,1H3/t2*21-/m10/s1. The highest BCUT2D eigenvalue weighted by Crippen LogP contribution is 2.33. The Morgan fingerprint density at radius 2 is 0.806 bits per heavy atom. The maximum atomic E-state index is 5.82. The summed E-state index contributed by atoms with van der Waals surface area (Å²) in [6, 6.07) is 41.8. The summed E-state index contributed by atoms with van der Waals surface area (Å²) in [7, 11) is 0. The summed E-state index contributed by atoms with van der Waals surface area (Å²) < 4.78 is 34.0. The van der Waals surface area contributed by atoms with Gasteiger partial charge in [-0.1, -0.05) is 71.0 Å². The number of hydrogen-bond acceptors (Lipinski definition) is 16. The van der Waals surface area contributed by atoms with E-state index in [0.29, 0.717) is 71.1 Å². The highest BCUT2D eigenvalue weighted by atomic mass is 16.7. The summed E-state index contributed by atoms with van der Waals surface area (Å²) in [5.74, 6) is 6.87. The zero-order valence-electron chi connectivity index (χ0n) is 33.3. The zero-order chi connectivity index (χ0) is 42.1. The minimum atomic E-state index is -0.214. The van der Waals surface area contributed by atoms with Gasteiger partial charge in [0.15, 0.2) is 12.2 Å². The molecule has 16 nitrogen and oxygen atoms in total. The van der Waals surface area contributed by atoms with Crippen LogP contribution in [0.15, 0.2) is 165 Å². The first-order valence-corrected chi connectivity index (χ1v) is 19.5. The average molecular weight is 829 g/mol. The number of rotatable bonds is 10. The molecule has 0 saturated carbocycles. The highest BCUT2D eigenvalue weighted by Gasteiger charge is 2.26. The maximum absolute atomic E-state index is 5.82. The predicted octanol–water partition coefficient (Wildman–Crippen LogP) is 10.2. The molecule has 6 heterocycles. The van der Waals surface area contributed by atoms with Gasteiger partial charge in [-0.15, -0.1) is 20.4 Å². The summed E-state index contributed by atoms with van der Waals surface area (Å²) in [4.78, 5) is 19.7. The van der Waals surface area contributed by atoms with E-state index in [1.807, 2.05) is 109 Å². The number of pyridine rings is 2. The van der Waals surface area contributed by atoms with E-state index < -0.39 is 0 Å². The summed E-state index contributed by atoms with van der Waals surface area (Å²) >= 11 is 0. The minimum absolute atomic E-state index is 0.214. The third-order valence-corrected chi connectivity index (χ3v) is 9.18. The molecule has 2 aliphatic heterocycles. The second kappa shape index (κ2) is 18.3. The van der Waals surface area contributed by atoms with Crippen LogP contribution in [-0.2, 0) is 9.68 Å². The van der Waals surface area contributed by atoms with E-state index in [4.69, 9.17) is 37.5 Å². The van der Waals surface area contributed by atoms with Crippen molar-refractivity contribution >= 4 is 11.8 Å². The second-order valence-corrected chi connectivity index (χ2v) is 13.7. The van der Waals surface area contributed by atoms with Gasteiger partial charge in [0.05, 0.1) is 25.2 Å². The number of hydrogen-bond donors (Lipinski definition) is 0. The van der Waals surface area contributed by atoms with Crippen LogP contribution < -0.4 is 18.9 Å². The van der Waals surface area contributed by atoms with Crippen molar-refractivity contribution < 1.29 is 37.5 Å². The van der Waals surface area contributed by atoms with E-state index in [1.165, 1.54) is 0 Å². The fraction of sp³-hybridized carbons (Fsp3) is 0.130. The molecule has 0 spiro atoms. The molecule has 4 aromatic carbocycles. The molecule has 16 heteroatoms. The number of aromatic nitrogens is 6. The SMILES string of the molecule is Cc1nnc(-c2ccc(OC3=NO[C@@H](c4ccc(Oc5ccccc5)cc4)C3)cn2)o1.Cc1nnc(-c2ccc(OC3=NO[C@H](c4ccc(Oc5ccccc5)cc4)C3)cn2)o1. The highest BCUT2D eigenvalue weighted by molar-refractivity contribution is 5.80. The quantitative estimate of drug-likeness (QED) is 0.127. The summed E-state index contributed by atoms with van der Waals surface area (Å²) in [6.45, 7) is 3.46. The van der Waals surface area contributed by atoms with Crippen molar-refractivity contribution in [2.45, 2.75) is 38.9 Å². The van der Waals surface area contributed by atoms with Gasteiger partial charge in [-0.25, -0.2) is 9.97 Å². The third-order valence-electron chi connectivity index (χ3n) is 9.18. The normalized spacial score (nSPS) is 15.3. The van der Waals surface area contributed by atoms with Gasteiger partial charge in [0.25, 0.3) is 11.8 Å². The smallest absolute Gasteiger partial charge is 0.266 e.